The van der Waals surface area contributed by atoms with Crippen LogP contribution in [0.25, 0.3) is 11.3 Å². The Labute approximate surface area is 241 Å². The number of hydrogen-bond donors (Lipinski definition) is 2. The summed E-state index contributed by atoms with van der Waals surface area (Å²) in [6, 6.07) is 3.02. The van der Waals surface area contributed by atoms with Crippen molar-refractivity contribution in [3.63, 3.8) is 0 Å². The smallest absolute Gasteiger partial charge is 0.360 e. The van der Waals surface area contributed by atoms with E-state index in [0.717, 1.165) is 93.8 Å². The molecule has 8 nitrogen and oxygen atoms in total. The molecule has 42 heavy (non-hydrogen) atoms. The summed E-state index contributed by atoms with van der Waals surface area (Å²) in [5.41, 5.74) is 0.364. The number of nitrogens with zero attached hydrogens (tertiary/aromatic N) is 5. The van der Waals surface area contributed by atoms with E-state index in [2.05, 4.69) is 37.0 Å². The highest BCUT2D eigenvalue weighted by Crippen LogP contribution is 2.42. The molecule has 3 atom stereocenters. The van der Waals surface area contributed by atoms with Crippen molar-refractivity contribution in [3.8, 4) is 11.3 Å². The summed E-state index contributed by atoms with van der Waals surface area (Å²) in [6.45, 7) is 5.10. The number of hydrogen-bond acceptors (Lipinski definition) is 7. The second-order valence-corrected chi connectivity index (χ2v) is 11.5. The van der Waals surface area contributed by atoms with Crippen LogP contribution in [-0.2, 0) is 17.5 Å². The molecule has 3 aliphatic rings. The van der Waals surface area contributed by atoms with Gasteiger partial charge in [-0.25, -0.2) is 19.3 Å². The molecule has 2 unspecified atom stereocenters. The summed E-state index contributed by atoms with van der Waals surface area (Å²) in [7, 11) is 0. The third kappa shape index (κ3) is 5.48. The second kappa shape index (κ2) is 11.6. The minimum absolute atomic E-state index is 0.00757. The molecule has 2 N–H and O–H groups in total. The number of nitrogens with one attached hydrogen (secondary N) is 2. The molecule has 0 saturated carbocycles. The van der Waals surface area contributed by atoms with Gasteiger partial charge >= 0.3 is 6.18 Å². The normalized spacial score (nSPS) is 23.1. The topological polar surface area (TPSA) is 88.0 Å². The first-order valence-electron chi connectivity index (χ1n) is 14.8. The van der Waals surface area contributed by atoms with Gasteiger partial charge in [0.15, 0.2) is 0 Å². The number of rotatable bonds is 7. The number of alkyl halides is 3. The number of aromatic nitrogens is 4. The molecule has 2 saturated heterocycles. The predicted octanol–water partition coefficient (Wildman–Crippen LogP) is 5.51. The van der Waals surface area contributed by atoms with Crippen LogP contribution in [0.2, 0.25) is 0 Å². The summed E-state index contributed by atoms with van der Waals surface area (Å²) >= 11 is 0. The van der Waals surface area contributed by atoms with Gasteiger partial charge in [-0.2, -0.15) is 13.2 Å². The molecule has 2 aromatic heterocycles. The lowest BCUT2D eigenvalue weighted by Crippen LogP contribution is -2.38. The van der Waals surface area contributed by atoms with Gasteiger partial charge in [0.25, 0.3) is 0 Å². The maximum Gasteiger partial charge on any atom is 0.419 e. The third-order valence-electron chi connectivity index (χ3n) is 8.92. The fourth-order valence-corrected chi connectivity index (χ4v) is 6.73. The van der Waals surface area contributed by atoms with Crippen molar-refractivity contribution < 1.29 is 22.4 Å². The van der Waals surface area contributed by atoms with Crippen LogP contribution in [-0.4, -0.2) is 57.5 Å². The number of anilines is 2. The summed E-state index contributed by atoms with van der Waals surface area (Å²) < 4.78 is 56.5. The van der Waals surface area contributed by atoms with E-state index in [4.69, 9.17) is 4.98 Å². The number of aldehydes is 1. The molecular weight excluding hydrogens is 550 g/mol. The number of halogens is 4. The number of benzene rings is 1. The molecule has 0 amide bonds. The number of imidazole rings is 1. The zero-order valence-electron chi connectivity index (χ0n) is 23.5. The fourth-order valence-electron chi connectivity index (χ4n) is 6.73. The van der Waals surface area contributed by atoms with Gasteiger partial charge in [-0.1, -0.05) is 13.3 Å². The van der Waals surface area contributed by atoms with Crippen molar-refractivity contribution in [2.45, 2.75) is 82.1 Å². The first-order valence-corrected chi connectivity index (χ1v) is 14.8. The van der Waals surface area contributed by atoms with Crippen molar-refractivity contribution in [2.24, 2.45) is 0 Å². The van der Waals surface area contributed by atoms with Gasteiger partial charge in [-0.3, -0.25) is 0 Å². The molecule has 224 valence electrons. The lowest BCUT2D eigenvalue weighted by atomic mass is 9.92. The second-order valence-electron chi connectivity index (χ2n) is 11.5. The predicted molar refractivity (Wildman–Crippen MR) is 151 cm³/mol. The van der Waals surface area contributed by atoms with Crippen molar-refractivity contribution in [2.75, 3.05) is 29.9 Å². The van der Waals surface area contributed by atoms with Gasteiger partial charge in [0.1, 0.15) is 35.9 Å². The highest BCUT2D eigenvalue weighted by atomic mass is 19.4. The summed E-state index contributed by atoms with van der Waals surface area (Å²) in [5.74, 6) is 1.22. The maximum absolute atomic E-state index is 14.0. The Morgan fingerprint density at radius 3 is 2.62 bits per heavy atom. The molecule has 3 aromatic rings. The maximum atomic E-state index is 14.0. The average Bonchev–Trinajstić information content (AvgIpc) is 3.58. The summed E-state index contributed by atoms with van der Waals surface area (Å²) in [6.07, 6.45) is 5.12. The highest BCUT2D eigenvalue weighted by Gasteiger charge is 2.38. The van der Waals surface area contributed by atoms with Crippen LogP contribution in [0, 0.1) is 5.82 Å². The van der Waals surface area contributed by atoms with Crippen molar-refractivity contribution >= 4 is 17.9 Å². The molecule has 0 aliphatic carbocycles. The molecule has 12 heteroatoms. The largest absolute Gasteiger partial charge is 0.419 e. The van der Waals surface area contributed by atoms with Crippen molar-refractivity contribution in [1.29, 1.82) is 0 Å². The van der Waals surface area contributed by atoms with Crippen LogP contribution in [0.15, 0.2) is 30.7 Å². The van der Waals surface area contributed by atoms with Crippen LogP contribution in [0.4, 0.5) is 29.2 Å². The molecule has 5 heterocycles. The van der Waals surface area contributed by atoms with Crippen molar-refractivity contribution in [3.05, 3.63) is 53.5 Å². The first kappa shape index (κ1) is 28.6. The number of piperidine rings is 2. The standard InChI is InChI=1S/C30H35F4N7O/c1-2-21-25(16-42)38-27-26(21)29(37-17-36-27)40-11-8-18(9-12-40)28-39-24(15-41(28)14-20-5-3-4-10-35-20)19-6-7-23(31)22(13-19)30(32,33)34/h6-7,13,15-18,20-21,25,35H,2-5,8-12,14H2,1H3,(H,36,37,38)/t20-,21?,25?/m0/s1. The number of fused-ring (bicyclic) bond motifs is 1. The van der Waals surface area contributed by atoms with Gasteiger partial charge in [0, 0.05) is 54.8 Å². The van der Waals surface area contributed by atoms with Gasteiger partial charge in [-0.15, -0.1) is 0 Å². The Kier molecular flexibility index (Phi) is 7.91. The molecule has 6 rings (SSSR count). The minimum atomic E-state index is -4.79. The van der Waals surface area contributed by atoms with E-state index in [0.29, 0.717) is 18.1 Å². The summed E-state index contributed by atoms with van der Waals surface area (Å²) in [4.78, 5) is 27.8. The Bertz CT molecular complexity index is 1430. The summed E-state index contributed by atoms with van der Waals surface area (Å²) in [5, 5.41) is 6.77. The Balaban J connectivity index is 1.27. The van der Waals surface area contributed by atoms with Gasteiger partial charge in [0.05, 0.1) is 17.3 Å². The molecule has 2 fully saturated rings. The van der Waals surface area contributed by atoms with Gasteiger partial charge in [-0.05, 0) is 56.8 Å². The third-order valence-corrected chi connectivity index (χ3v) is 8.92. The molecule has 1 aromatic carbocycles. The SMILES string of the molecule is CCC1c2c(ncnc2N2CCC(c3nc(-c4ccc(F)c(C(F)(F)F)c4)cn3C[C@@H]3CCCCN3)CC2)NC1C=O. The van der Waals surface area contributed by atoms with E-state index in [9.17, 15) is 22.4 Å². The van der Waals surface area contributed by atoms with Crippen LogP contribution < -0.4 is 15.5 Å². The monoisotopic (exact) mass is 585 g/mol. The molecule has 3 aliphatic heterocycles. The molecular formula is C30H35F4N7O. The zero-order chi connectivity index (χ0) is 29.4. The van der Waals surface area contributed by atoms with Crippen LogP contribution in [0.3, 0.4) is 0 Å². The Morgan fingerprint density at radius 2 is 1.93 bits per heavy atom. The minimum Gasteiger partial charge on any atom is -0.360 e. The zero-order valence-corrected chi connectivity index (χ0v) is 23.5. The Hall–Kier alpha value is -3.54. The number of carbonyl (C=O) groups excluding carboxylic acids is 1. The van der Waals surface area contributed by atoms with Crippen LogP contribution >= 0.6 is 0 Å². The number of carbonyl (C=O) groups is 1. The highest BCUT2D eigenvalue weighted by molar-refractivity contribution is 5.76. The van der Waals surface area contributed by atoms with E-state index in [1.54, 1.807) is 0 Å². The molecule has 0 radical (unpaired) electrons. The Morgan fingerprint density at radius 1 is 1.12 bits per heavy atom. The van der Waals surface area contributed by atoms with E-state index in [1.165, 1.54) is 12.4 Å². The van der Waals surface area contributed by atoms with E-state index in [-0.39, 0.29) is 29.5 Å². The van der Waals surface area contributed by atoms with Crippen molar-refractivity contribution in [1.82, 2.24) is 24.8 Å². The fraction of sp³-hybridized carbons (Fsp3) is 0.533. The lowest BCUT2D eigenvalue weighted by molar-refractivity contribution is -0.139. The van der Waals surface area contributed by atoms with E-state index in [1.807, 2.05) is 6.20 Å². The molecule has 0 bridgehead atoms. The lowest BCUT2D eigenvalue weighted by Gasteiger charge is -2.34. The molecule has 0 spiro atoms. The van der Waals surface area contributed by atoms with E-state index >= 15 is 0 Å². The van der Waals surface area contributed by atoms with Gasteiger partial charge < -0.3 is 24.9 Å². The first-order chi connectivity index (χ1) is 20.3. The van der Waals surface area contributed by atoms with Gasteiger partial charge in [0.2, 0.25) is 0 Å². The average molecular weight is 586 g/mol. The van der Waals surface area contributed by atoms with Crippen LogP contribution in [0.1, 0.15) is 74.2 Å². The van der Waals surface area contributed by atoms with E-state index < -0.39 is 17.6 Å². The quantitative estimate of drug-likeness (QED) is 0.279. The van der Waals surface area contributed by atoms with Crippen LogP contribution in [0.5, 0.6) is 0 Å².